The van der Waals surface area contributed by atoms with E-state index in [1.165, 1.54) is 12.0 Å². The van der Waals surface area contributed by atoms with E-state index < -0.39 is 11.4 Å². The summed E-state index contributed by atoms with van der Waals surface area (Å²) in [5.41, 5.74) is -0.713. The summed E-state index contributed by atoms with van der Waals surface area (Å²) in [4.78, 5) is 26.4. The van der Waals surface area contributed by atoms with E-state index in [0.29, 0.717) is 55.6 Å². The number of likely N-dealkylation sites (tertiary alicyclic amines) is 1. The molecule has 28 heavy (non-hydrogen) atoms. The van der Waals surface area contributed by atoms with Crippen LogP contribution < -0.4 is 14.2 Å². The number of rotatable bonds is 10. The smallest absolute Gasteiger partial charge is 0.313 e. The topological polar surface area (TPSA) is 94.5 Å². The summed E-state index contributed by atoms with van der Waals surface area (Å²) in [7, 11) is 1.46. The van der Waals surface area contributed by atoms with Crippen molar-refractivity contribution < 1.29 is 33.6 Å². The Morgan fingerprint density at radius 2 is 1.64 bits per heavy atom. The summed E-state index contributed by atoms with van der Waals surface area (Å²) < 4.78 is 22.1. The lowest BCUT2D eigenvalue weighted by Crippen LogP contribution is -2.40. The van der Waals surface area contributed by atoms with Crippen LogP contribution in [0.2, 0.25) is 0 Å². The molecule has 8 heteroatoms. The van der Waals surface area contributed by atoms with Crippen molar-refractivity contribution in [2.24, 2.45) is 5.41 Å². The molecule has 1 N–H and O–H groups in total. The minimum Gasteiger partial charge on any atom is -0.490 e. The normalized spacial score (nSPS) is 18.8. The highest BCUT2D eigenvalue weighted by Crippen LogP contribution is 2.40. The van der Waals surface area contributed by atoms with Gasteiger partial charge in [0, 0.05) is 25.8 Å². The fourth-order valence-electron chi connectivity index (χ4n) is 3.37. The van der Waals surface area contributed by atoms with Crippen molar-refractivity contribution in [1.82, 2.24) is 4.90 Å². The highest BCUT2D eigenvalue weighted by molar-refractivity contribution is 5.96. The van der Waals surface area contributed by atoms with Crippen molar-refractivity contribution in [3.8, 4) is 17.2 Å². The van der Waals surface area contributed by atoms with Crippen LogP contribution in [-0.4, -0.2) is 68.5 Å². The summed E-state index contributed by atoms with van der Waals surface area (Å²) in [6.45, 7) is 7.28. The first kappa shape index (κ1) is 21.8. The summed E-state index contributed by atoms with van der Waals surface area (Å²) in [5, 5.41) is 9.61. The van der Waals surface area contributed by atoms with Crippen molar-refractivity contribution in [3.63, 3.8) is 0 Å². The molecule has 1 amide bonds. The van der Waals surface area contributed by atoms with Gasteiger partial charge in [-0.2, -0.15) is 0 Å². The number of aliphatic carboxylic acids is 1. The van der Waals surface area contributed by atoms with Crippen molar-refractivity contribution in [2.75, 3.05) is 46.6 Å². The Balaban J connectivity index is 2.35. The minimum absolute atomic E-state index is 0.0593. The molecular weight excluding hydrogens is 366 g/mol. The maximum Gasteiger partial charge on any atom is 0.313 e. The predicted molar refractivity (Wildman–Crippen MR) is 102 cm³/mol. The van der Waals surface area contributed by atoms with Gasteiger partial charge in [-0.05, 0) is 39.3 Å². The zero-order valence-corrected chi connectivity index (χ0v) is 16.9. The van der Waals surface area contributed by atoms with Crippen molar-refractivity contribution in [3.05, 3.63) is 17.7 Å². The highest BCUT2D eigenvalue weighted by Gasteiger charge is 2.46. The molecule has 8 nitrogen and oxygen atoms in total. The van der Waals surface area contributed by atoms with Crippen LogP contribution in [0.5, 0.6) is 17.2 Å². The first-order chi connectivity index (χ1) is 13.4. The number of hydrogen-bond acceptors (Lipinski definition) is 6. The molecule has 0 aliphatic carbocycles. The molecule has 1 aliphatic heterocycles. The number of carbonyl (C=O) groups is 2. The molecule has 0 saturated carbocycles. The largest absolute Gasteiger partial charge is 0.490 e. The van der Waals surface area contributed by atoms with Crippen molar-refractivity contribution in [1.29, 1.82) is 0 Å². The van der Waals surface area contributed by atoms with E-state index in [9.17, 15) is 14.7 Å². The number of methoxy groups -OCH3 is 1. The average Bonchev–Trinajstić information content (AvgIpc) is 3.10. The first-order valence-electron chi connectivity index (χ1n) is 9.50. The third-order valence-electron chi connectivity index (χ3n) is 4.67. The van der Waals surface area contributed by atoms with Gasteiger partial charge in [0.1, 0.15) is 5.41 Å². The summed E-state index contributed by atoms with van der Waals surface area (Å²) in [6.07, 6.45) is 0.343. The van der Waals surface area contributed by atoms with E-state index in [4.69, 9.17) is 18.9 Å². The lowest BCUT2D eigenvalue weighted by atomic mass is 9.88. The first-order valence-corrected chi connectivity index (χ1v) is 9.50. The van der Waals surface area contributed by atoms with Gasteiger partial charge in [0.25, 0.3) is 5.91 Å². The minimum atomic E-state index is -1.08. The van der Waals surface area contributed by atoms with Crippen LogP contribution >= 0.6 is 0 Å². The average molecular weight is 395 g/mol. The molecule has 1 unspecified atom stereocenters. The number of carbonyl (C=O) groups excluding carboxylic acids is 1. The molecule has 0 aromatic heterocycles. The molecule has 1 heterocycles. The van der Waals surface area contributed by atoms with Gasteiger partial charge in [-0.3, -0.25) is 9.59 Å². The number of hydrogen-bond donors (Lipinski definition) is 1. The molecule has 2 rings (SSSR count). The van der Waals surface area contributed by atoms with Gasteiger partial charge in [-0.25, -0.2) is 0 Å². The Bertz CT molecular complexity index is 679. The van der Waals surface area contributed by atoms with E-state index in [1.54, 1.807) is 12.1 Å². The number of carboxylic acid groups (broad SMARTS) is 1. The van der Waals surface area contributed by atoms with Gasteiger partial charge in [0.15, 0.2) is 11.5 Å². The van der Waals surface area contributed by atoms with Crippen LogP contribution in [0.1, 0.15) is 37.6 Å². The van der Waals surface area contributed by atoms with Crippen LogP contribution in [0.25, 0.3) is 0 Å². The Morgan fingerprint density at radius 1 is 1.07 bits per heavy atom. The summed E-state index contributed by atoms with van der Waals surface area (Å²) >= 11 is 0. The van der Waals surface area contributed by atoms with Crippen molar-refractivity contribution in [2.45, 2.75) is 27.2 Å². The van der Waals surface area contributed by atoms with Gasteiger partial charge >= 0.3 is 5.97 Å². The molecule has 1 aromatic rings. The zero-order valence-electron chi connectivity index (χ0n) is 16.9. The standard InChI is InChI=1S/C20H29NO7/c1-5-26-15-10-14(11-16(27-6-2)17(15)28-7-3)18(22)21-9-8-20(12-21,13-25-4)19(23)24/h10-11H,5-9,12-13H2,1-4H3,(H,23,24). The van der Waals surface area contributed by atoms with E-state index in [1.807, 2.05) is 20.8 Å². The number of benzene rings is 1. The molecule has 156 valence electrons. The molecular formula is C20H29NO7. The molecule has 0 bridgehead atoms. The maximum atomic E-state index is 13.1. The number of carboxylic acids is 1. The Labute approximate surface area is 165 Å². The quantitative estimate of drug-likeness (QED) is 0.650. The second-order valence-corrected chi connectivity index (χ2v) is 6.60. The van der Waals surface area contributed by atoms with E-state index in [0.717, 1.165) is 0 Å². The van der Waals surface area contributed by atoms with Crippen LogP contribution in [0.3, 0.4) is 0 Å². The zero-order chi connectivity index (χ0) is 20.7. The second-order valence-electron chi connectivity index (χ2n) is 6.60. The van der Waals surface area contributed by atoms with Gasteiger partial charge in [-0.1, -0.05) is 0 Å². The number of amides is 1. The Morgan fingerprint density at radius 3 is 2.11 bits per heavy atom. The maximum absolute atomic E-state index is 13.1. The Hall–Kier alpha value is -2.48. The SMILES string of the molecule is CCOc1cc(C(=O)N2CCC(COC)(C(=O)O)C2)cc(OCC)c1OCC. The molecule has 0 radical (unpaired) electrons. The van der Waals surface area contributed by atoms with Crippen LogP contribution in [0.15, 0.2) is 12.1 Å². The molecule has 1 aliphatic rings. The van der Waals surface area contributed by atoms with Crippen molar-refractivity contribution >= 4 is 11.9 Å². The van der Waals surface area contributed by atoms with Gasteiger partial charge in [0.2, 0.25) is 5.75 Å². The van der Waals surface area contributed by atoms with E-state index in [2.05, 4.69) is 0 Å². The molecule has 1 fully saturated rings. The summed E-state index contributed by atoms with van der Waals surface area (Å²) in [5.74, 6) is 0.0902. The number of nitrogens with zero attached hydrogens (tertiary/aromatic N) is 1. The Kier molecular flexibility index (Phi) is 7.51. The molecule has 1 saturated heterocycles. The lowest BCUT2D eigenvalue weighted by Gasteiger charge is -2.24. The monoisotopic (exact) mass is 395 g/mol. The number of ether oxygens (including phenoxy) is 4. The van der Waals surface area contributed by atoms with Crippen LogP contribution in [0, 0.1) is 5.41 Å². The van der Waals surface area contributed by atoms with Gasteiger partial charge in [0.05, 0.1) is 26.4 Å². The molecule has 1 aromatic carbocycles. The second kappa shape index (κ2) is 9.64. The highest BCUT2D eigenvalue weighted by atomic mass is 16.5. The van der Waals surface area contributed by atoms with E-state index >= 15 is 0 Å². The lowest BCUT2D eigenvalue weighted by molar-refractivity contribution is -0.151. The fourth-order valence-corrected chi connectivity index (χ4v) is 3.37. The predicted octanol–water partition coefficient (Wildman–Crippen LogP) is 2.45. The van der Waals surface area contributed by atoms with Crippen LogP contribution in [0.4, 0.5) is 0 Å². The third-order valence-corrected chi connectivity index (χ3v) is 4.67. The van der Waals surface area contributed by atoms with Gasteiger partial charge in [-0.15, -0.1) is 0 Å². The molecule has 0 spiro atoms. The summed E-state index contributed by atoms with van der Waals surface area (Å²) in [6, 6.07) is 3.24. The van der Waals surface area contributed by atoms with E-state index in [-0.39, 0.29) is 19.1 Å². The third kappa shape index (κ3) is 4.49. The fraction of sp³-hybridized carbons (Fsp3) is 0.600. The molecule has 1 atom stereocenters. The van der Waals surface area contributed by atoms with Crippen LogP contribution in [-0.2, 0) is 9.53 Å². The van der Waals surface area contributed by atoms with Gasteiger partial charge < -0.3 is 29.0 Å².